The van der Waals surface area contributed by atoms with Crippen LogP contribution in [0.25, 0.3) is 0 Å². The molecule has 0 fully saturated rings. The van der Waals surface area contributed by atoms with Crippen LogP contribution in [-0.4, -0.2) is 11.6 Å². The van der Waals surface area contributed by atoms with E-state index in [0.717, 1.165) is 6.42 Å². The summed E-state index contributed by atoms with van der Waals surface area (Å²) in [6.07, 6.45) is 1.53. The topological polar surface area (TPSA) is 34.1 Å². The van der Waals surface area contributed by atoms with Gasteiger partial charge in [-0.3, -0.25) is 9.59 Å². The average molecular weight is 220 g/mol. The first-order valence-corrected chi connectivity index (χ1v) is 5.49. The molecule has 0 bridgehead atoms. The lowest BCUT2D eigenvalue weighted by molar-refractivity contribution is -0.121. The number of hydrogen-bond donors (Lipinski definition) is 0. The number of carbonyl (C=O) groups is 2. The van der Waals surface area contributed by atoms with Crippen LogP contribution in [0.1, 0.15) is 35.7 Å². The molecule has 0 N–H and O–H groups in total. The van der Waals surface area contributed by atoms with E-state index in [-0.39, 0.29) is 17.4 Å². The summed E-state index contributed by atoms with van der Waals surface area (Å²) in [5.41, 5.74) is 1.18. The highest BCUT2D eigenvalue weighted by Crippen LogP contribution is 2.28. The molecule has 0 heterocycles. The van der Waals surface area contributed by atoms with E-state index < -0.39 is 5.92 Å². The van der Waals surface area contributed by atoms with Gasteiger partial charge in [-0.25, -0.2) is 4.39 Å². The molecule has 1 aliphatic carbocycles. The Bertz CT molecular complexity index is 451. The monoisotopic (exact) mass is 220 g/mol. The van der Waals surface area contributed by atoms with Gasteiger partial charge in [0.1, 0.15) is 11.6 Å². The van der Waals surface area contributed by atoms with Crippen molar-refractivity contribution in [3.05, 3.63) is 35.1 Å². The molecule has 0 amide bonds. The summed E-state index contributed by atoms with van der Waals surface area (Å²) in [4.78, 5) is 23.6. The maximum absolute atomic E-state index is 13.0. The second kappa shape index (κ2) is 4.16. The molecule has 0 aromatic heterocycles. The van der Waals surface area contributed by atoms with Gasteiger partial charge in [-0.1, -0.05) is 6.92 Å². The zero-order valence-electron chi connectivity index (χ0n) is 9.13. The minimum absolute atomic E-state index is 0.0240. The molecule has 0 saturated carbocycles. The van der Waals surface area contributed by atoms with E-state index in [2.05, 4.69) is 0 Å². The van der Waals surface area contributed by atoms with Crippen molar-refractivity contribution in [3.63, 3.8) is 0 Å². The van der Waals surface area contributed by atoms with Crippen LogP contribution in [0.15, 0.2) is 18.2 Å². The first-order chi connectivity index (χ1) is 7.63. The Morgan fingerprint density at radius 1 is 1.50 bits per heavy atom. The third-order valence-electron chi connectivity index (χ3n) is 2.96. The fourth-order valence-electron chi connectivity index (χ4n) is 2.15. The van der Waals surface area contributed by atoms with Crippen molar-refractivity contribution in [3.8, 4) is 0 Å². The molecule has 1 unspecified atom stereocenters. The van der Waals surface area contributed by atoms with Crippen LogP contribution in [0, 0.1) is 11.7 Å². The Labute approximate surface area is 93.5 Å². The summed E-state index contributed by atoms with van der Waals surface area (Å²) < 4.78 is 13.0. The maximum Gasteiger partial charge on any atom is 0.173 e. The van der Waals surface area contributed by atoms with Crippen LogP contribution in [0.5, 0.6) is 0 Å². The van der Waals surface area contributed by atoms with E-state index in [0.29, 0.717) is 24.0 Å². The molecule has 0 spiro atoms. The summed E-state index contributed by atoms with van der Waals surface area (Å²) >= 11 is 0. The molecule has 1 aliphatic rings. The van der Waals surface area contributed by atoms with Crippen molar-refractivity contribution < 1.29 is 14.0 Å². The molecule has 1 atom stereocenters. The standard InChI is InChI=1S/C13H13FO2/c1-2-3-12(15)11-7-8-6-9(14)4-5-10(8)13(11)16/h4-6,11H,2-3,7H2,1H3. The largest absolute Gasteiger partial charge is 0.299 e. The van der Waals surface area contributed by atoms with Crippen molar-refractivity contribution >= 4 is 11.6 Å². The van der Waals surface area contributed by atoms with Gasteiger partial charge in [-0.05, 0) is 36.6 Å². The van der Waals surface area contributed by atoms with E-state index in [4.69, 9.17) is 0 Å². The van der Waals surface area contributed by atoms with E-state index in [1.165, 1.54) is 18.2 Å². The van der Waals surface area contributed by atoms with Crippen molar-refractivity contribution in [1.29, 1.82) is 0 Å². The number of benzene rings is 1. The number of fused-ring (bicyclic) bond motifs is 1. The Balaban J connectivity index is 2.27. The van der Waals surface area contributed by atoms with Crippen LogP contribution >= 0.6 is 0 Å². The Hall–Kier alpha value is -1.51. The van der Waals surface area contributed by atoms with Crippen LogP contribution < -0.4 is 0 Å². The summed E-state index contributed by atoms with van der Waals surface area (Å²) in [7, 11) is 0. The smallest absolute Gasteiger partial charge is 0.173 e. The highest BCUT2D eigenvalue weighted by molar-refractivity contribution is 6.14. The van der Waals surface area contributed by atoms with Gasteiger partial charge in [0.15, 0.2) is 5.78 Å². The lowest BCUT2D eigenvalue weighted by Crippen LogP contribution is -2.20. The lowest BCUT2D eigenvalue weighted by atomic mass is 9.97. The highest BCUT2D eigenvalue weighted by atomic mass is 19.1. The summed E-state index contributed by atoms with van der Waals surface area (Å²) in [5.74, 6) is -1.09. The van der Waals surface area contributed by atoms with Crippen molar-refractivity contribution in [2.24, 2.45) is 5.92 Å². The lowest BCUT2D eigenvalue weighted by Gasteiger charge is -2.04. The number of hydrogen-bond acceptors (Lipinski definition) is 2. The van der Waals surface area contributed by atoms with E-state index in [1.807, 2.05) is 6.92 Å². The Morgan fingerprint density at radius 2 is 2.25 bits per heavy atom. The van der Waals surface area contributed by atoms with Crippen LogP contribution in [0.2, 0.25) is 0 Å². The first-order valence-electron chi connectivity index (χ1n) is 5.49. The fraction of sp³-hybridized carbons (Fsp3) is 0.385. The predicted molar refractivity (Wildman–Crippen MR) is 57.8 cm³/mol. The second-order valence-electron chi connectivity index (χ2n) is 4.14. The second-order valence-corrected chi connectivity index (χ2v) is 4.14. The average Bonchev–Trinajstić information content (AvgIpc) is 2.56. The number of rotatable bonds is 3. The Morgan fingerprint density at radius 3 is 2.94 bits per heavy atom. The zero-order chi connectivity index (χ0) is 11.7. The third-order valence-corrected chi connectivity index (χ3v) is 2.96. The Kier molecular flexibility index (Phi) is 2.86. The van der Waals surface area contributed by atoms with Gasteiger partial charge in [0.2, 0.25) is 0 Å². The molecule has 84 valence electrons. The molecule has 2 rings (SSSR count). The third kappa shape index (κ3) is 1.77. The molecular formula is C13H13FO2. The molecule has 16 heavy (non-hydrogen) atoms. The van der Waals surface area contributed by atoms with E-state index in [9.17, 15) is 14.0 Å². The van der Waals surface area contributed by atoms with Gasteiger partial charge in [-0.15, -0.1) is 0 Å². The van der Waals surface area contributed by atoms with Gasteiger partial charge < -0.3 is 0 Å². The molecule has 0 aliphatic heterocycles. The van der Waals surface area contributed by atoms with Gasteiger partial charge >= 0.3 is 0 Å². The number of ketones is 2. The minimum atomic E-state index is -0.572. The summed E-state index contributed by atoms with van der Waals surface area (Å²) in [6, 6.07) is 4.10. The first kappa shape index (κ1) is 11.0. The van der Waals surface area contributed by atoms with Gasteiger partial charge in [0.05, 0.1) is 5.92 Å². The molecule has 1 aromatic carbocycles. The predicted octanol–water partition coefficient (Wildman–Crippen LogP) is 2.55. The van der Waals surface area contributed by atoms with E-state index in [1.54, 1.807) is 0 Å². The minimum Gasteiger partial charge on any atom is -0.299 e. The number of Topliss-reactive ketones (excluding diaryl/α,β-unsaturated/α-hetero) is 2. The molecule has 1 aromatic rings. The van der Waals surface area contributed by atoms with Gasteiger partial charge in [-0.2, -0.15) is 0 Å². The SMILES string of the molecule is CCCC(=O)C1Cc2cc(F)ccc2C1=O. The summed E-state index contributed by atoms with van der Waals surface area (Å²) in [6.45, 7) is 1.91. The molecular weight excluding hydrogens is 207 g/mol. The molecule has 0 saturated heterocycles. The fourth-order valence-corrected chi connectivity index (χ4v) is 2.15. The van der Waals surface area contributed by atoms with Gasteiger partial charge in [0, 0.05) is 12.0 Å². The number of halogens is 1. The van der Waals surface area contributed by atoms with Crippen LogP contribution in [0.4, 0.5) is 4.39 Å². The van der Waals surface area contributed by atoms with E-state index >= 15 is 0 Å². The summed E-state index contributed by atoms with van der Waals surface area (Å²) in [5, 5.41) is 0. The molecule has 2 nitrogen and oxygen atoms in total. The van der Waals surface area contributed by atoms with Crippen LogP contribution in [-0.2, 0) is 11.2 Å². The van der Waals surface area contributed by atoms with Crippen molar-refractivity contribution in [1.82, 2.24) is 0 Å². The highest BCUT2D eigenvalue weighted by Gasteiger charge is 2.34. The quantitative estimate of drug-likeness (QED) is 0.733. The number of carbonyl (C=O) groups excluding carboxylic acids is 2. The maximum atomic E-state index is 13.0. The molecule has 0 radical (unpaired) electrons. The normalized spacial score (nSPS) is 18.6. The van der Waals surface area contributed by atoms with Gasteiger partial charge in [0.25, 0.3) is 0 Å². The van der Waals surface area contributed by atoms with Crippen molar-refractivity contribution in [2.45, 2.75) is 26.2 Å². The van der Waals surface area contributed by atoms with Crippen molar-refractivity contribution in [2.75, 3.05) is 0 Å². The molecule has 3 heteroatoms. The van der Waals surface area contributed by atoms with Crippen LogP contribution in [0.3, 0.4) is 0 Å². The zero-order valence-corrected chi connectivity index (χ0v) is 9.13.